The summed E-state index contributed by atoms with van der Waals surface area (Å²) in [5.74, 6) is -1.16. The number of ether oxygens (including phenoxy) is 3. The molecule has 0 aliphatic heterocycles. The first kappa shape index (κ1) is 25.0. The molecule has 3 aromatic rings. The van der Waals surface area contributed by atoms with E-state index in [4.69, 9.17) is 14.2 Å². The van der Waals surface area contributed by atoms with Gasteiger partial charge in [0.05, 0.1) is 25.5 Å². The summed E-state index contributed by atoms with van der Waals surface area (Å²) in [5.41, 5.74) is 4.52. The molecule has 0 bridgehead atoms. The molecule has 0 aromatic heterocycles. The highest BCUT2D eigenvalue weighted by atomic mass is 16.6. The molecular weight excluding hydrogens is 450 g/mol. The Hall–Kier alpha value is -4.66. The normalized spacial score (nSPS) is 10.5. The number of amides is 2. The lowest BCUT2D eigenvalue weighted by atomic mass is 10.2. The van der Waals surface area contributed by atoms with Crippen molar-refractivity contribution < 1.29 is 28.6 Å². The van der Waals surface area contributed by atoms with Gasteiger partial charge in [-0.2, -0.15) is 5.10 Å². The number of nitrogens with one attached hydrogen (secondary N) is 2. The summed E-state index contributed by atoms with van der Waals surface area (Å²) in [6.07, 6.45) is 1.33. The van der Waals surface area contributed by atoms with Crippen LogP contribution in [0.1, 0.15) is 28.4 Å². The molecule has 9 heteroatoms. The highest BCUT2D eigenvalue weighted by Crippen LogP contribution is 2.28. The Balaban J connectivity index is 1.59. The van der Waals surface area contributed by atoms with Crippen LogP contribution in [0.2, 0.25) is 0 Å². The van der Waals surface area contributed by atoms with Gasteiger partial charge in [0.2, 0.25) is 0 Å². The molecule has 0 unspecified atom stereocenters. The number of carbonyl (C=O) groups is 3. The molecule has 0 saturated carbocycles. The second-order valence-electron chi connectivity index (χ2n) is 7.28. The van der Waals surface area contributed by atoms with Crippen molar-refractivity contribution in [3.05, 3.63) is 83.4 Å². The van der Waals surface area contributed by atoms with E-state index in [1.54, 1.807) is 60.7 Å². The highest BCUT2D eigenvalue weighted by molar-refractivity contribution is 6.39. The molecule has 9 nitrogen and oxygen atoms in total. The van der Waals surface area contributed by atoms with E-state index >= 15 is 0 Å². The van der Waals surface area contributed by atoms with Crippen LogP contribution in [0.5, 0.6) is 17.2 Å². The SMILES string of the molecule is CCOc1ccc(C(=O)Oc2ccc(/C=N\NC(=O)C(=O)Nc3cccc(C)c3)cc2OC)cc1. The van der Waals surface area contributed by atoms with Gasteiger partial charge >= 0.3 is 17.8 Å². The predicted octanol–water partition coefficient (Wildman–Crippen LogP) is 3.71. The first-order valence-electron chi connectivity index (χ1n) is 10.7. The number of hydrazone groups is 1. The number of hydrogen-bond acceptors (Lipinski definition) is 7. The highest BCUT2D eigenvalue weighted by Gasteiger charge is 2.14. The molecule has 0 aliphatic carbocycles. The summed E-state index contributed by atoms with van der Waals surface area (Å²) in [6, 6.07) is 18.4. The lowest BCUT2D eigenvalue weighted by Gasteiger charge is -2.10. The van der Waals surface area contributed by atoms with E-state index in [2.05, 4.69) is 15.8 Å². The van der Waals surface area contributed by atoms with E-state index in [-0.39, 0.29) is 11.5 Å². The van der Waals surface area contributed by atoms with Crippen molar-refractivity contribution in [1.82, 2.24) is 5.43 Å². The molecule has 3 rings (SSSR count). The minimum atomic E-state index is -0.921. The van der Waals surface area contributed by atoms with Crippen LogP contribution >= 0.6 is 0 Å². The molecule has 0 saturated heterocycles. The molecule has 2 N–H and O–H groups in total. The van der Waals surface area contributed by atoms with E-state index in [0.717, 1.165) is 5.56 Å². The van der Waals surface area contributed by atoms with Crippen LogP contribution in [-0.4, -0.2) is 37.7 Å². The van der Waals surface area contributed by atoms with Crippen LogP contribution in [-0.2, 0) is 9.59 Å². The number of aryl methyl sites for hydroxylation is 1. The Morgan fingerprint density at radius 2 is 1.71 bits per heavy atom. The van der Waals surface area contributed by atoms with Gasteiger partial charge in [0, 0.05) is 5.69 Å². The summed E-state index contributed by atoms with van der Waals surface area (Å²) in [5, 5.41) is 6.30. The maximum absolute atomic E-state index is 12.5. The fourth-order valence-corrected chi connectivity index (χ4v) is 2.99. The zero-order valence-corrected chi connectivity index (χ0v) is 19.5. The quantitative estimate of drug-likeness (QED) is 0.169. The minimum absolute atomic E-state index is 0.213. The lowest BCUT2D eigenvalue weighted by molar-refractivity contribution is -0.136. The molecule has 3 aromatic carbocycles. The van der Waals surface area contributed by atoms with Gasteiger partial charge in [0.15, 0.2) is 11.5 Å². The van der Waals surface area contributed by atoms with Crippen molar-refractivity contribution >= 4 is 29.7 Å². The Morgan fingerprint density at radius 3 is 2.40 bits per heavy atom. The van der Waals surface area contributed by atoms with Crippen molar-refractivity contribution in [2.24, 2.45) is 5.10 Å². The van der Waals surface area contributed by atoms with Crippen LogP contribution in [0, 0.1) is 6.92 Å². The van der Waals surface area contributed by atoms with E-state index in [0.29, 0.717) is 29.2 Å². The maximum Gasteiger partial charge on any atom is 0.343 e. The van der Waals surface area contributed by atoms with Crippen molar-refractivity contribution in [3.63, 3.8) is 0 Å². The smallest absolute Gasteiger partial charge is 0.343 e. The topological polar surface area (TPSA) is 115 Å². The van der Waals surface area contributed by atoms with Gasteiger partial charge in [-0.1, -0.05) is 12.1 Å². The van der Waals surface area contributed by atoms with Crippen molar-refractivity contribution in [2.45, 2.75) is 13.8 Å². The average Bonchev–Trinajstić information content (AvgIpc) is 2.85. The monoisotopic (exact) mass is 475 g/mol. The summed E-state index contributed by atoms with van der Waals surface area (Å²) in [7, 11) is 1.43. The molecular formula is C26H25N3O6. The number of rotatable bonds is 8. The van der Waals surface area contributed by atoms with Gasteiger partial charge in [0.1, 0.15) is 5.75 Å². The standard InChI is InChI=1S/C26H25N3O6/c1-4-34-21-11-9-19(10-12-21)26(32)35-22-13-8-18(15-23(22)33-3)16-27-29-25(31)24(30)28-20-7-5-6-17(2)14-20/h5-16H,4H2,1-3H3,(H,28,30)(H,29,31)/b27-16-. The van der Waals surface area contributed by atoms with E-state index < -0.39 is 17.8 Å². The molecule has 35 heavy (non-hydrogen) atoms. The van der Waals surface area contributed by atoms with Crippen molar-refractivity contribution in [3.8, 4) is 17.2 Å². The van der Waals surface area contributed by atoms with Crippen LogP contribution in [0.3, 0.4) is 0 Å². The van der Waals surface area contributed by atoms with Crippen LogP contribution in [0.15, 0.2) is 71.8 Å². The fourth-order valence-electron chi connectivity index (χ4n) is 2.99. The second kappa shape index (κ2) is 12.0. The number of nitrogens with zero attached hydrogens (tertiary/aromatic N) is 1. The molecule has 180 valence electrons. The molecule has 0 heterocycles. The third-order valence-electron chi connectivity index (χ3n) is 4.65. The van der Waals surface area contributed by atoms with Crippen molar-refractivity contribution in [1.29, 1.82) is 0 Å². The number of esters is 1. The molecule has 0 spiro atoms. The summed E-state index contributed by atoms with van der Waals surface area (Å²) in [4.78, 5) is 36.5. The predicted molar refractivity (Wildman–Crippen MR) is 131 cm³/mol. The number of carbonyl (C=O) groups excluding carboxylic acids is 3. The minimum Gasteiger partial charge on any atom is -0.494 e. The Labute approximate surface area is 202 Å². The average molecular weight is 476 g/mol. The zero-order valence-electron chi connectivity index (χ0n) is 19.5. The summed E-state index contributed by atoms with van der Waals surface area (Å²) >= 11 is 0. The Kier molecular flexibility index (Phi) is 8.55. The Morgan fingerprint density at radius 1 is 0.943 bits per heavy atom. The van der Waals surface area contributed by atoms with Crippen LogP contribution in [0.4, 0.5) is 5.69 Å². The van der Waals surface area contributed by atoms with Gasteiger partial charge in [0.25, 0.3) is 0 Å². The fraction of sp³-hybridized carbons (Fsp3) is 0.154. The second-order valence-corrected chi connectivity index (χ2v) is 7.28. The lowest BCUT2D eigenvalue weighted by Crippen LogP contribution is -2.32. The third kappa shape index (κ3) is 7.16. The molecule has 0 fully saturated rings. The Bertz CT molecular complexity index is 1240. The van der Waals surface area contributed by atoms with Gasteiger partial charge in [-0.25, -0.2) is 10.2 Å². The first-order chi connectivity index (χ1) is 16.9. The number of anilines is 1. The number of methoxy groups -OCH3 is 1. The molecule has 2 amide bonds. The van der Waals surface area contributed by atoms with Gasteiger partial charge < -0.3 is 19.5 Å². The first-order valence-corrected chi connectivity index (χ1v) is 10.7. The molecule has 0 atom stereocenters. The van der Waals surface area contributed by atoms with E-state index in [9.17, 15) is 14.4 Å². The third-order valence-corrected chi connectivity index (χ3v) is 4.65. The van der Waals surface area contributed by atoms with Crippen molar-refractivity contribution in [2.75, 3.05) is 19.0 Å². The van der Waals surface area contributed by atoms with E-state index in [1.807, 2.05) is 19.9 Å². The van der Waals surface area contributed by atoms with Gasteiger partial charge in [-0.3, -0.25) is 9.59 Å². The van der Waals surface area contributed by atoms with Crippen LogP contribution in [0.25, 0.3) is 0 Å². The largest absolute Gasteiger partial charge is 0.494 e. The zero-order chi connectivity index (χ0) is 25.2. The van der Waals surface area contributed by atoms with Gasteiger partial charge in [-0.15, -0.1) is 0 Å². The molecule has 0 aliphatic rings. The van der Waals surface area contributed by atoms with Gasteiger partial charge in [-0.05, 0) is 79.6 Å². The number of benzene rings is 3. The summed E-state index contributed by atoms with van der Waals surface area (Å²) < 4.78 is 16.1. The number of hydrogen-bond donors (Lipinski definition) is 2. The molecule has 0 radical (unpaired) electrons. The summed E-state index contributed by atoms with van der Waals surface area (Å²) in [6.45, 7) is 4.28. The van der Waals surface area contributed by atoms with E-state index in [1.165, 1.54) is 13.3 Å². The van der Waals surface area contributed by atoms with Crippen LogP contribution < -0.4 is 25.0 Å². The maximum atomic E-state index is 12.5.